The van der Waals surface area contributed by atoms with Crippen molar-refractivity contribution in [2.45, 2.75) is 26.6 Å². The molecule has 0 bridgehead atoms. The molecule has 0 unspecified atom stereocenters. The van der Waals surface area contributed by atoms with Gasteiger partial charge in [0.2, 0.25) is 5.43 Å². The van der Waals surface area contributed by atoms with Gasteiger partial charge in [-0.2, -0.15) is 0 Å². The fourth-order valence-electron chi connectivity index (χ4n) is 5.65. The van der Waals surface area contributed by atoms with Crippen LogP contribution in [0.4, 0.5) is 0 Å². The van der Waals surface area contributed by atoms with Gasteiger partial charge < -0.3 is 14.0 Å². The Morgan fingerprint density at radius 1 is 0.864 bits per heavy atom. The number of benzene rings is 4. The topological polar surface area (TPSA) is 60.8 Å². The SMILES string of the molecule is CCOC(=O)c1cn(Cc2ccc3ccccc3c2)c2sc(-c3ccc(OC)cc3)c(CN(C)Cc3ccccc3)c2c1=O. The van der Waals surface area contributed by atoms with Crippen LogP contribution in [-0.2, 0) is 24.4 Å². The number of hydrogen-bond donors (Lipinski definition) is 0. The number of ether oxygens (including phenoxy) is 2. The lowest BCUT2D eigenvalue weighted by molar-refractivity contribution is 0.0524. The molecular weight excluding hydrogens is 568 g/mol. The molecule has 222 valence electrons. The van der Waals surface area contributed by atoms with E-state index < -0.39 is 5.97 Å². The molecule has 6 nitrogen and oxygen atoms in total. The minimum absolute atomic E-state index is 0.0474. The summed E-state index contributed by atoms with van der Waals surface area (Å²) in [4.78, 5) is 31.4. The van der Waals surface area contributed by atoms with Crippen molar-refractivity contribution in [2.24, 2.45) is 0 Å². The smallest absolute Gasteiger partial charge is 0.343 e. The zero-order valence-electron chi connectivity index (χ0n) is 25.1. The quantitative estimate of drug-likeness (QED) is 0.150. The molecule has 0 radical (unpaired) electrons. The number of esters is 1. The number of methoxy groups -OCH3 is 1. The maximum atomic E-state index is 14.2. The lowest BCUT2D eigenvalue weighted by atomic mass is 10.0. The highest BCUT2D eigenvalue weighted by Gasteiger charge is 2.25. The van der Waals surface area contributed by atoms with Gasteiger partial charge in [-0.3, -0.25) is 9.69 Å². The van der Waals surface area contributed by atoms with Crippen LogP contribution in [0.2, 0.25) is 0 Å². The van der Waals surface area contributed by atoms with Gasteiger partial charge >= 0.3 is 5.97 Å². The molecule has 0 amide bonds. The van der Waals surface area contributed by atoms with Crippen LogP contribution in [0.15, 0.2) is 108 Å². The second-order valence-electron chi connectivity index (χ2n) is 10.9. The first kappa shape index (κ1) is 29.4. The van der Waals surface area contributed by atoms with Crippen molar-refractivity contribution in [3.63, 3.8) is 0 Å². The van der Waals surface area contributed by atoms with E-state index in [4.69, 9.17) is 9.47 Å². The summed E-state index contributed by atoms with van der Waals surface area (Å²) in [5.41, 5.74) is 3.90. The third kappa shape index (κ3) is 6.02. The standard InChI is InChI=1S/C37H34N2O4S/c1-4-43-37(41)32-24-39(22-26-14-15-27-12-8-9-13-29(27)20-26)36-33(34(32)40)31(23-38(2)21-25-10-6-5-7-11-25)35(44-36)28-16-18-30(42-3)19-17-28/h5-20,24H,4,21-23H2,1-3H3. The molecule has 0 fully saturated rings. The highest BCUT2D eigenvalue weighted by atomic mass is 32.1. The second kappa shape index (κ2) is 12.9. The Labute approximate surface area is 260 Å². The lowest BCUT2D eigenvalue weighted by Gasteiger charge is -2.18. The summed E-state index contributed by atoms with van der Waals surface area (Å²) in [5, 5.41) is 2.86. The Morgan fingerprint density at radius 2 is 1.59 bits per heavy atom. The van der Waals surface area contributed by atoms with E-state index in [-0.39, 0.29) is 17.6 Å². The predicted octanol–water partition coefficient (Wildman–Crippen LogP) is 7.75. The van der Waals surface area contributed by atoms with Crippen LogP contribution in [0, 0.1) is 0 Å². The molecule has 7 heteroatoms. The maximum Gasteiger partial charge on any atom is 0.343 e. The van der Waals surface area contributed by atoms with E-state index in [0.717, 1.165) is 42.9 Å². The van der Waals surface area contributed by atoms with Crippen molar-refractivity contribution in [2.75, 3.05) is 20.8 Å². The Morgan fingerprint density at radius 3 is 2.32 bits per heavy atom. The van der Waals surface area contributed by atoms with E-state index in [0.29, 0.717) is 25.0 Å². The molecule has 0 N–H and O–H groups in total. The Bertz CT molecular complexity index is 1990. The van der Waals surface area contributed by atoms with Crippen LogP contribution in [-0.4, -0.2) is 36.2 Å². The first-order chi connectivity index (χ1) is 21.4. The monoisotopic (exact) mass is 602 g/mol. The minimum atomic E-state index is -0.604. The normalized spacial score (nSPS) is 11.4. The molecule has 0 atom stereocenters. The predicted molar refractivity (Wildman–Crippen MR) is 179 cm³/mol. The summed E-state index contributed by atoms with van der Waals surface area (Å²) in [7, 11) is 3.70. The third-order valence-corrected chi connectivity index (χ3v) is 9.06. The number of fused-ring (bicyclic) bond motifs is 2. The van der Waals surface area contributed by atoms with E-state index in [1.54, 1.807) is 31.6 Å². The average molecular weight is 603 g/mol. The molecule has 2 aromatic heterocycles. The molecule has 4 aromatic carbocycles. The third-order valence-electron chi connectivity index (χ3n) is 7.74. The van der Waals surface area contributed by atoms with Gasteiger partial charge in [0.25, 0.3) is 0 Å². The summed E-state index contributed by atoms with van der Waals surface area (Å²) in [6.45, 7) is 3.67. The summed E-state index contributed by atoms with van der Waals surface area (Å²) in [6, 6.07) is 32.8. The maximum absolute atomic E-state index is 14.2. The van der Waals surface area contributed by atoms with Gasteiger partial charge in [-0.15, -0.1) is 11.3 Å². The zero-order chi connectivity index (χ0) is 30.6. The van der Waals surface area contributed by atoms with Gasteiger partial charge in [0.05, 0.1) is 19.1 Å². The lowest BCUT2D eigenvalue weighted by Crippen LogP contribution is -2.23. The highest BCUT2D eigenvalue weighted by Crippen LogP contribution is 2.39. The highest BCUT2D eigenvalue weighted by molar-refractivity contribution is 7.22. The molecule has 44 heavy (non-hydrogen) atoms. The number of carbonyl (C=O) groups excluding carboxylic acids is 1. The van der Waals surface area contributed by atoms with Crippen LogP contribution in [0.25, 0.3) is 31.4 Å². The number of aromatic nitrogens is 1. The molecular formula is C37H34N2O4S. The Hall–Kier alpha value is -4.72. The first-order valence-electron chi connectivity index (χ1n) is 14.7. The summed E-state index contributed by atoms with van der Waals surface area (Å²) in [6.07, 6.45) is 1.67. The second-order valence-corrected chi connectivity index (χ2v) is 11.9. The molecule has 0 saturated carbocycles. The number of pyridine rings is 1. The van der Waals surface area contributed by atoms with Gasteiger partial charge in [0, 0.05) is 30.7 Å². The van der Waals surface area contributed by atoms with Crippen molar-refractivity contribution in [3.8, 4) is 16.2 Å². The molecule has 0 aliphatic rings. The minimum Gasteiger partial charge on any atom is -0.497 e. The van der Waals surface area contributed by atoms with Gasteiger partial charge in [-0.05, 0) is 77.3 Å². The largest absolute Gasteiger partial charge is 0.497 e. The van der Waals surface area contributed by atoms with Crippen molar-refractivity contribution >= 4 is 38.3 Å². The molecule has 0 aliphatic carbocycles. The van der Waals surface area contributed by atoms with Gasteiger partial charge in [-0.25, -0.2) is 4.79 Å². The molecule has 2 heterocycles. The molecule has 0 aliphatic heterocycles. The van der Waals surface area contributed by atoms with Crippen LogP contribution in [0.5, 0.6) is 5.75 Å². The van der Waals surface area contributed by atoms with E-state index >= 15 is 0 Å². The van der Waals surface area contributed by atoms with E-state index in [9.17, 15) is 9.59 Å². The number of hydrogen-bond acceptors (Lipinski definition) is 6. The molecule has 6 rings (SSSR count). The van der Waals surface area contributed by atoms with Crippen LogP contribution < -0.4 is 10.2 Å². The molecule has 0 spiro atoms. The summed E-state index contributed by atoms with van der Waals surface area (Å²) < 4.78 is 12.8. The van der Waals surface area contributed by atoms with Gasteiger partial charge in [0.1, 0.15) is 16.1 Å². The number of carbonyl (C=O) groups is 1. The number of nitrogens with zero attached hydrogens (tertiary/aromatic N) is 2. The molecule has 6 aromatic rings. The van der Waals surface area contributed by atoms with Crippen molar-refractivity contribution in [1.29, 1.82) is 0 Å². The Kier molecular flexibility index (Phi) is 8.59. The first-order valence-corrected chi connectivity index (χ1v) is 15.5. The van der Waals surface area contributed by atoms with E-state index in [1.807, 2.05) is 59.2 Å². The van der Waals surface area contributed by atoms with Crippen molar-refractivity contribution in [1.82, 2.24) is 9.47 Å². The van der Waals surface area contributed by atoms with E-state index in [1.165, 1.54) is 5.56 Å². The summed E-state index contributed by atoms with van der Waals surface area (Å²) >= 11 is 1.58. The van der Waals surface area contributed by atoms with Crippen LogP contribution in [0.1, 0.15) is 34.0 Å². The fraction of sp³-hybridized carbons (Fsp3) is 0.189. The van der Waals surface area contributed by atoms with Gasteiger partial charge in [-0.1, -0.05) is 66.7 Å². The number of thiophene rings is 1. The van der Waals surface area contributed by atoms with Crippen LogP contribution in [0.3, 0.4) is 0 Å². The summed E-state index contributed by atoms with van der Waals surface area (Å²) in [5.74, 6) is 0.158. The number of rotatable bonds is 10. The van der Waals surface area contributed by atoms with Crippen molar-refractivity contribution in [3.05, 3.63) is 136 Å². The Balaban J connectivity index is 1.54. The van der Waals surface area contributed by atoms with Crippen LogP contribution >= 0.6 is 11.3 Å². The average Bonchev–Trinajstić information content (AvgIpc) is 3.42. The fourth-order valence-corrected chi connectivity index (χ4v) is 6.94. The van der Waals surface area contributed by atoms with Crippen molar-refractivity contribution < 1.29 is 14.3 Å². The van der Waals surface area contributed by atoms with E-state index in [2.05, 4.69) is 54.4 Å². The zero-order valence-corrected chi connectivity index (χ0v) is 25.9. The van der Waals surface area contributed by atoms with Gasteiger partial charge in [0.15, 0.2) is 0 Å². The molecule has 0 saturated heterocycles.